The lowest BCUT2D eigenvalue weighted by atomic mass is 10.3. The van der Waals surface area contributed by atoms with Crippen LogP contribution in [0.2, 0.25) is 0 Å². The van der Waals surface area contributed by atoms with Gasteiger partial charge < -0.3 is 5.11 Å². The molecule has 0 saturated carbocycles. The number of hydrogen-bond donors (Lipinski definition) is 1. The molecule has 0 atom stereocenters. The number of benzene rings is 1. The van der Waals surface area contributed by atoms with E-state index in [4.69, 9.17) is 5.11 Å². The number of carboxylic acids is 1. The first kappa shape index (κ1) is 15.4. The first-order chi connectivity index (χ1) is 8.86. The number of carboxylic acid groups (broad SMARTS) is 1. The average Bonchev–Trinajstić information content (AvgIpc) is 2.35. The molecule has 1 aromatic rings. The maximum atomic E-state index is 12.8. The molecule has 0 spiro atoms. The van der Waals surface area contributed by atoms with E-state index >= 15 is 0 Å². The van der Waals surface area contributed by atoms with Gasteiger partial charge in [-0.2, -0.15) is 0 Å². The number of anilines is 1. The summed E-state index contributed by atoms with van der Waals surface area (Å²) in [5.74, 6) is -1.53. The van der Waals surface area contributed by atoms with Crippen molar-refractivity contribution in [1.82, 2.24) is 0 Å². The Morgan fingerprint density at radius 2 is 1.89 bits per heavy atom. The van der Waals surface area contributed by atoms with Crippen molar-refractivity contribution < 1.29 is 22.7 Å². The number of carbonyl (C=O) groups is 1. The monoisotopic (exact) mass is 289 g/mol. The van der Waals surface area contributed by atoms with Crippen molar-refractivity contribution in [3.8, 4) is 0 Å². The molecule has 0 aliphatic rings. The smallest absolute Gasteiger partial charge is 0.303 e. The van der Waals surface area contributed by atoms with Crippen molar-refractivity contribution in [3.05, 3.63) is 30.1 Å². The quantitative estimate of drug-likeness (QED) is 0.831. The van der Waals surface area contributed by atoms with Crippen molar-refractivity contribution >= 4 is 21.7 Å². The standard InChI is InChI=1S/C12H16FNO4S/c1-2-19(17,18)14(9-3-4-12(15)16)11-7-5-10(13)6-8-11/h5-8H,2-4,9H2,1H3,(H,15,16). The number of rotatable bonds is 7. The van der Waals surface area contributed by atoms with E-state index in [0.717, 1.165) is 4.31 Å². The zero-order chi connectivity index (χ0) is 14.5. The molecule has 0 heterocycles. The second kappa shape index (κ2) is 6.51. The molecule has 0 radical (unpaired) electrons. The van der Waals surface area contributed by atoms with E-state index in [2.05, 4.69) is 0 Å². The van der Waals surface area contributed by atoms with E-state index in [9.17, 15) is 17.6 Å². The highest BCUT2D eigenvalue weighted by Crippen LogP contribution is 2.19. The van der Waals surface area contributed by atoms with E-state index in [-0.39, 0.29) is 25.1 Å². The summed E-state index contributed by atoms with van der Waals surface area (Å²) in [7, 11) is -3.51. The van der Waals surface area contributed by atoms with Crippen LogP contribution in [-0.4, -0.2) is 31.8 Å². The molecule has 0 saturated heterocycles. The molecule has 1 aromatic carbocycles. The van der Waals surface area contributed by atoms with Gasteiger partial charge in [0.1, 0.15) is 5.82 Å². The van der Waals surface area contributed by atoms with Crippen LogP contribution in [-0.2, 0) is 14.8 Å². The molecule has 0 amide bonds. The number of sulfonamides is 1. The van der Waals surface area contributed by atoms with Gasteiger partial charge >= 0.3 is 5.97 Å². The molecular formula is C12H16FNO4S. The van der Waals surface area contributed by atoms with Gasteiger partial charge in [-0.3, -0.25) is 9.10 Å². The minimum atomic E-state index is -3.51. The van der Waals surface area contributed by atoms with Gasteiger partial charge in [-0.15, -0.1) is 0 Å². The fourth-order valence-electron chi connectivity index (χ4n) is 1.57. The van der Waals surface area contributed by atoms with Crippen LogP contribution < -0.4 is 4.31 Å². The molecule has 0 bridgehead atoms. The second-order valence-corrected chi connectivity index (χ2v) is 6.13. The van der Waals surface area contributed by atoms with Crippen molar-refractivity contribution in [2.45, 2.75) is 19.8 Å². The van der Waals surface area contributed by atoms with Gasteiger partial charge in [0.15, 0.2) is 0 Å². The molecule has 0 aliphatic carbocycles. The van der Waals surface area contributed by atoms with E-state index in [1.165, 1.54) is 31.2 Å². The highest BCUT2D eigenvalue weighted by molar-refractivity contribution is 7.92. The third-order valence-electron chi connectivity index (χ3n) is 2.57. The van der Waals surface area contributed by atoms with Gasteiger partial charge in [-0.25, -0.2) is 12.8 Å². The molecule has 0 fully saturated rings. The van der Waals surface area contributed by atoms with Crippen molar-refractivity contribution in [2.24, 2.45) is 0 Å². The lowest BCUT2D eigenvalue weighted by Gasteiger charge is -2.23. The number of halogens is 1. The zero-order valence-electron chi connectivity index (χ0n) is 10.5. The minimum Gasteiger partial charge on any atom is -0.481 e. The molecule has 0 aliphatic heterocycles. The normalized spacial score (nSPS) is 11.3. The Kier molecular flexibility index (Phi) is 5.29. The predicted molar refractivity (Wildman–Crippen MR) is 70.1 cm³/mol. The maximum Gasteiger partial charge on any atom is 0.303 e. The fourth-order valence-corrected chi connectivity index (χ4v) is 2.73. The molecule has 1 rings (SSSR count). The molecule has 5 nitrogen and oxygen atoms in total. The van der Waals surface area contributed by atoms with Gasteiger partial charge in [0.25, 0.3) is 0 Å². The van der Waals surface area contributed by atoms with E-state index < -0.39 is 21.8 Å². The highest BCUT2D eigenvalue weighted by atomic mass is 32.2. The first-order valence-corrected chi connectivity index (χ1v) is 7.45. The van der Waals surface area contributed by atoms with Crippen LogP contribution in [0, 0.1) is 5.82 Å². The van der Waals surface area contributed by atoms with Gasteiger partial charge in [0, 0.05) is 13.0 Å². The summed E-state index contributed by atoms with van der Waals surface area (Å²) in [6.45, 7) is 1.57. The Hall–Kier alpha value is -1.63. The Morgan fingerprint density at radius 3 is 2.37 bits per heavy atom. The van der Waals surface area contributed by atoms with Gasteiger partial charge in [0.2, 0.25) is 10.0 Å². The lowest BCUT2D eigenvalue weighted by molar-refractivity contribution is -0.137. The molecular weight excluding hydrogens is 273 g/mol. The molecule has 19 heavy (non-hydrogen) atoms. The fraction of sp³-hybridized carbons (Fsp3) is 0.417. The number of nitrogens with zero attached hydrogens (tertiary/aromatic N) is 1. The Labute approximate surface area is 111 Å². The summed E-state index contributed by atoms with van der Waals surface area (Å²) in [5, 5.41) is 8.58. The summed E-state index contributed by atoms with van der Waals surface area (Å²) >= 11 is 0. The summed E-state index contributed by atoms with van der Waals surface area (Å²) in [4.78, 5) is 10.5. The summed E-state index contributed by atoms with van der Waals surface area (Å²) in [6, 6.07) is 5.07. The van der Waals surface area contributed by atoms with Crippen LogP contribution in [0.25, 0.3) is 0 Å². The van der Waals surface area contributed by atoms with Crippen LogP contribution in [0.4, 0.5) is 10.1 Å². The highest BCUT2D eigenvalue weighted by Gasteiger charge is 2.20. The van der Waals surface area contributed by atoms with Crippen molar-refractivity contribution in [2.75, 3.05) is 16.6 Å². The number of hydrogen-bond acceptors (Lipinski definition) is 3. The summed E-state index contributed by atoms with van der Waals surface area (Å²) in [5.41, 5.74) is 0.341. The second-order valence-electron chi connectivity index (χ2n) is 3.95. The van der Waals surface area contributed by atoms with Gasteiger partial charge in [0.05, 0.1) is 11.4 Å². The topological polar surface area (TPSA) is 74.7 Å². The Bertz CT molecular complexity index is 527. The summed E-state index contributed by atoms with van der Waals surface area (Å²) in [6.07, 6.45) is 0.0862. The van der Waals surface area contributed by atoms with E-state index in [1.807, 2.05) is 0 Å². The van der Waals surface area contributed by atoms with Crippen molar-refractivity contribution in [1.29, 1.82) is 0 Å². The average molecular weight is 289 g/mol. The first-order valence-electron chi connectivity index (χ1n) is 5.84. The van der Waals surface area contributed by atoms with E-state index in [1.54, 1.807) is 0 Å². The lowest BCUT2D eigenvalue weighted by Crippen LogP contribution is -2.33. The van der Waals surface area contributed by atoms with Crippen LogP contribution in [0.3, 0.4) is 0 Å². The van der Waals surface area contributed by atoms with Gasteiger partial charge in [-0.1, -0.05) is 0 Å². The Balaban J connectivity index is 2.93. The Morgan fingerprint density at radius 1 is 1.32 bits per heavy atom. The number of aliphatic carboxylic acids is 1. The molecule has 106 valence electrons. The van der Waals surface area contributed by atoms with E-state index in [0.29, 0.717) is 5.69 Å². The molecule has 1 N–H and O–H groups in total. The largest absolute Gasteiger partial charge is 0.481 e. The van der Waals surface area contributed by atoms with Crippen molar-refractivity contribution in [3.63, 3.8) is 0 Å². The molecule has 0 unspecified atom stereocenters. The predicted octanol–water partition coefficient (Wildman–Crippen LogP) is 1.85. The molecule has 0 aromatic heterocycles. The van der Waals surface area contributed by atoms with Crippen LogP contribution >= 0.6 is 0 Å². The third-order valence-corrected chi connectivity index (χ3v) is 4.36. The maximum absolute atomic E-state index is 12.8. The SMILES string of the molecule is CCS(=O)(=O)N(CCCC(=O)O)c1ccc(F)cc1. The zero-order valence-corrected chi connectivity index (χ0v) is 11.4. The summed E-state index contributed by atoms with van der Waals surface area (Å²) < 4.78 is 37.9. The van der Waals surface area contributed by atoms with Crippen LogP contribution in [0.1, 0.15) is 19.8 Å². The van der Waals surface area contributed by atoms with Crippen LogP contribution in [0.5, 0.6) is 0 Å². The molecule has 7 heteroatoms. The minimum absolute atomic E-state index is 0.0636. The van der Waals surface area contributed by atoms with Gasteiger partial charge in [-0.05, 0) is 37.6 Å². The van der Waals surface area contributed by atoms with Crippen LogP contribution in [0.15, 0.2) is 24.3 Å². The third kappa shape index (κ3) is 4.51.